The van der Waals surface area contributed by atoms with Crippen LogP contribution in [0.1, 0.15) is 37.7 Å². The molecule has 0 saturated carbocycles. The SMILES string of the molecule is N#CCNC(=O)CCCCCCc1ccccc1. The van der Waals surface area contributed by atoms with Crippen LogP contribution in [0.4, 0.5) is 0 Å². The number of rotatable bonds is 8. The second-order valence-corrected chi connectivity index (χ2v) is 4.33. The number of amides is 1. The third kappa shape index (κ3) is 6.70. The molecule has 1 aromatic carbocycles. The van der Waals surface area contributed by atoms with E-state index >= 15 is 0 Å². The Hall–Kier alpha value is -1.82. The average molecular weight is 244 g/mol. The van der Waals surface area contributed by atoms with Crippen molar-refractivity contribution in [3.63, 3.8) is 0 Å². The van der Waals surface area contributed by atoms with Gasteiger partial charge in [-0.15, -0.1) is 0 Å². The van der Waals surface area contributed by atoms with Gasteiger partial charge in [-0.3, -0.25) is 4.79 Å². The fraction of sp³-hybridized carbons (Fsp3) is 0.467. The molecular weight excluding hydrogens is 224 g/mol. The van der Waals surface area contributed by atoms with Crippen molar-refractivity contribution in [2.75, 3.05) is 6.54 Å². The van der Waals surface area contributed by atoms with Gasteiger partial charge < -0.3 is 5.32 Å². The van der Waals surface area contributed by atoms with Crippen molar-refractivity contribution >= 4 is 5.91 Å². The highest BCUT2D eigenvalue weighted by atomic mass is 16.1. The van der Waals surface area contributed by atoms with Crippen LogP contribution in [0.3, 0.4) is 0 Å². The maximum absolute atomic E-state index is 11.2. The van der Waals surface area contributed by atoms with Crippen molar-refractivity contribution in [2.45, 2.75) is 38.5 Å². The molecule has 0 aromatic heterocycles. The molecule has 0 unspecified atom stereocenters. The molecule has 1 N–H and O–H groups in total. The third-order valence-corrected chi connectivity index (χ3v) is 2.83. The van der Waals surface area contributed by atoms with Crippen LogP contribution in [0.2, 0.25) is 0 Å². The van der Waals surface area contributed by atoms with Crippen LogP contribution < -0.4 is 5.32 Å². The Labute approximate surface area is 109 Å². The summed E-state index contributed by atoms with van der Waals surface area (Å²) in [6.45, 7) is 0.118. The lowest BCUT2D eigenvalue weighted by atomic mass is 10.1. The maximum Gasteiger partial charge on any atom is 0.220 e. The number of carbonyl (C=O) groups is 1. The number of unbranched alkanes of at least 4 members (excludes halogenated alkanes) is 3. The Kier molecular flexibility index (Phi) is 7.31. The van der Waals surface area contributed by atoms with Crippen molar-refractivity contribution in [1.82, 2.24) is 5.32 Å². The zero-order chi connectivity index (χ0) is 13.1. The maximum atomic E-state index is 11.2. The Morgan fingerprint density at radius 2 is 1.83 bits per heavy atom. The van der Waals surface area contributed by atoms with E-state index in [-0.39, 0.29) is 12.5 Å². The van der Waals surface area contributed by atoms with Gasteiger partial charge in [0.2, 0.25) is 5.91 Å². The quantitative estimate of drug-likeness (QED) is 0.564. The first-order valence-corrected chi connectivity index (χ1v) is 6.50. The van der Waals surface area contributed by atoms with Gasteiger partial charge in [-0.1, -0.05) is 43.2 Å². The van der Waals surface area contributed by atoms with Crippen molar-refractivity contribution < 1.29 is 4.79 Å². The van der Waals surface area contributed by atoms with Gasteiger partial charge in [-0.25, -0.2) is 0 Å². The first-order valence-electron chi connectivity index (χ1n) is 6.50. The number of aryl methyl sites for hydroxylation is 1. The molecule has 0 fully saturated rings. The first kappa shape index (κ1) is 14.2. The summed E-state index contributed by atoms with van der Waals surface area (Å²) in [6.07, 6.45) is 5.96. The second kappa shape index (κ2) is 9.23. The number of nitrogens with zero attached hydrogens (tertiary/aromatic N) is 1. The zero-order valence-corrected chi connectivity index (χ0v) is 10.7. The number of hydrogen-bond donors (Lipinski definition) is 1. The van der Waals surface area contributed by atoms with Gasteiger partial charge in [-0.2, -0.15) is 5.26 Å². The highest BCUT2D eigenvalue weighted by Gasteiger charge is 1.99. The Morgan fingerprint density at radius 1 is 1.11 bits per heavy atom. The van der Waals surface area contributed by atoms with Crippen molar-refractivity contribution in [3.8, 4) is 6.07 Å². The summed E-state index contributed by atoms with van der Waals surface area (Å²) < 4.78 is 0. The molecule has 18 heavy (non-hydrogen) atoms. The molecule has 96 valence electrons. The van der Waals surface area contributed by atoms with E-state index < -0.39 is 0 Å². The molecule has 0 radical (unpaired) electrons. The molecule has 3 heteroatoms. The first-order chi connectivity index (χ1) is 8.83. The lowest BCUT2D eigenvalue weighted by Crippen LogP contribution is -2.22. The third-order valence-electron chi connectivity index (χ3n) is 2.83. The van der Waals surface area contributed by atoms with Gasteiger partial charge in [0.05, 0.1) is 6.07 Å². The molecule has 0 atom stereocenters. The van der Waals surface area contributed by atoms with E-state index in [0.717, 1.165) is 25.7 Å². The summed E-state index contributed by atoms with van der Waals surface area (Å²) in [5.41, 5.74) is 1.38. The minimum atomic E-state index is -0.0143. The minimum absolute atomic E-state index is 0.0143. The van der Waals surface area contributed by atoms with Crippen molar-refractivity contribution in [3.05, 3.63) is 35.9 Å². The number of benzene rings is 1. The standard InChI is InChI=1S/C15H20N2O/c16-12-13-17-15(18)11-7-2-1-4-8-14-9-5-3-6-10-14/h3,5-6,9-10H,1-2,4,7-8,11,13H2,(H,17,18). The Morgan fingerprint density at radius 3 is 2.56 bits per heavy atom. The molecule has 1 amide bonds. The highest BCUT2D eigenvalue weighted by Crippen LogP contribution is 2.08. The van der Waals surface area contributed by atoms with Gasteiger partial charge in [0.15, 0.2) is 0 Å². The number of nitriles is 1. The van der Waals surface area contributed by atoms with E-state index in [1.165, 1.54) is 12.0 Å². The summed E-state index contributed by atoms with van der Waals surface area (Å²) in [4.78, 5) is 11.2. The lowest BCUT2D eigenvalue weighted by molar-refractivity contribution is -0.120. The van der Waals surface area contributed by atoms with Gasteiger partial charge in [0.25, 0.3) is 0 Å². The number of hydrogen-bond acceptors (Lipinski definition) is 2. The van der Waals surface area contributed by atoms with E-state index in [9.17, 15) is 4.79 Å². The molecule has 0 aliphatic heterocycles. The molecule has 1 aromatic rings. The average Bonchev–Trinajstić information content (AvgIpc) is 2.41. The van der Waals surface area contributed by atoms with Crippen LogP contribution in [0.15, 0.2) is 30.3 Å². The van der Waals surface area contributed by atoms with Crippen LogP contribution >= 0.6 is 0 Å². The fourth-order valence-corrected chi connectivity index (χ4v) is 1.84. The van der Waals surface area contributed by atoms with Crippen LogP contribution in [0, 0.1) is 11.3 Å². The monoisotopic (exact) mass is 244 g/mol. The molecule has 1 rings (SSSR count). The van der Waals surface area contributed by atoms with Crippen LogP contribution in [0.5, 0.6) is 0 Å². The largest absolute Gasteiger partial charge is 0.343 e. The van der Waals surface area contributed by atoms with Gasteiger partial charge in [-0.05, 0) is 24.8 Å². The summed E-state index contributed by atoms with van der Waals surface area (Å²) in [6, 6.07) is 12.4. The molecule has 0 heterocycles. The summed E-state index contributed by atoms with van der Waals surface area (Å²) in [5.74, 6) is -0.0143. The smallest absolute Gasteiger partial charge is 0.220 e. The molecule has 3 nitrogen and oxygen atoms in total. The second-order valence-electron chi connectivity index (χ2n) is 4.33. The van der Waals surface area contributed by atoms with Gasteiger partial charge >= 0.3 is 0 Å². The van der Waals surface area contributed by atoms with E-state index in [1.54, 1.807) is 0 Å². The molecular formula is C15H20N2O. The normalized spacial score (nSPS) is 9.72. The molecule has 0 aliphatic carbocycles. The molecule has 0 spiro atoms. The van der Waals surface area contributed by atoms with E-state index in [4.69, 9.17) is 5.26 Å². The minimum Gasteiger partial charge on any atom is -0.343 e. The summed E-state index contributed by atoms with van der Waals surface area (Å²) in [7, 11) is 0. The topological polar surface area (TPSA) is 52.9 Å². The Balaban J connectivity index is 1.96. The van der Waals surface area contributed by atoms with Crippen LogP contribution in [0.25, 0.3) is 0 Å². The van der Waals surface area contributed by atoms with E-state index in [2.05, 4.69) is 29.6 Å². The van der Waals surface area contributed by atoms with Gasteiger partial charge in [0.1, 0.15) is 6.54 Å². The predicted molar refractivity (Wildman–Crippen MR) is 71.9 cm³/mol. The summed E-state index contributed by atoms with van der Waals surface area (Å²) >= 11 is 0. The zero-order valence-electron chi connectivity index (χ0n) is 10.7. The summed E-state index contributed by atoms with van der Waals surface area (Å²) in [5, 5.41) is 10.8. The van der Waals surface area contributed by atoms with Crippen LogP contribution in [-0.4, -0.2) is 12.5 Å². The molecule has 0 bridgehead atoms. The lowest BCUT2D eigenvalue weighted by Gasteiger charge is -2.02. The van der Waals surface area contributed by atoms with Crippen molar-refractivity contribution in [2.24, 2.45) is 0 Å². The van der Waals surface area contributed by atoms with E-state index in [0.29, 0.717) is 6.42 Å². The number of carbonyl (C=O) groups excluding carboxylic acids is 1. The fourth-order valence-electron chi connectivity index (χ4n) is 1.84. The van der Waals surface area contributed by atoms with Crippen molar-refractivity contribution in [1.29, 1.82) is 5.26 Å². The molecule has 0 aliphatic rings. The number of nitrogens with one attached hydrogen (secondary N) is 1. The van der Waals surface area contributed by atoms with E-state index in [1.807, 2.05) is 12.1 Å². The predicted octanol–water partition coefficient (Wildman–Crippen LogP) is 2.82. The Bertz CT molecular complexity index is 381. The van der Waals surface area contributed by atoms with Crippen LogP contribution in [-0.2, 0) is 11.2 Å². The van der Waals surface area contributed by atoms with Gasteiger partial charge in [0, 0.05) is 6.42 Å². The highest BCUT2D eigenvalue weighted by molar-refractivity contribution is 5.75. The molecule has 0 saturated heterocycles.